The smallest absolute Gasteiger partial charge is 0.224 e. The fourth-order valence-corrected chi connectivity index (χ4v) is 2.35. The minimum atomic E-state index is 0.164. The van der Waals surface area contributed by atoms with Gasteiger partial charge in [-0.2, -0.15) is 0 Å². The van der Waals surface area contributed by atoms with Crippen LogP contribution in [0.4, 0.5) is 5.69 Å². The van der Waals surface area contributed by atoms with Crippen LogP contribution in [-0.4, -0.2) is 5.91 Å². The van der Waals surface area contributed by atoms with E-state index in [0.717, 1.165) is 12.1 Å². The number of aryl methyl sites for hydroxylation is 1. The van der Waals surface area contributed by atoms with Gasteiger partial charge in [0.1, 0.15) is 0 Å². The number of carbonyl (C=O) groups excluding carboxylic acids is 1. The topological polar surface area (TPSA) is 29.1 Å². The Kier molecular flexibility index (Phi) is 4.05. The van der Waals surface area contributed by atoms with E-state index in [0.29, 0.717) is 18.3 Å². The largest absolute Gasteiger partial charge is 0.326 e. The Labute approximate surface area is 110 Å². The van der Waals surface area contributed by atoms with Gasteiger partial charge in [0, 0.05) is 12.1 Å². The highest BCUT2D eigenvalue weighted by molar-refractivity contribution is 5.91. The number of amides is 1. The summed E-state index contributed by atoms with van der Waals surface area (Å²) in [7, 11) is 0. The summed E-state index contributed by atoms with van der Waals surface area (Å²) in [6, 6.07) is 6.30. The third kappa shape index (κ3) is 3.34. The van der Waals surface area contributed by atoms with E-state index in [4.69, 9.17) is 0 Å². The van der Waals surface area contributed by atoms with Crippen molar-refractivity contribution in [1.29, 1.82) is 0 Å². The molecule has 1 aliphatic rings. The van der Waals surface area contributed by atoms with Gasteiger partial charge in [0.25, 0.3) is 0 Å². The lowest BCUT2D eigenvalue weighted by Crippen LogP contribution is -2.12. The molecule has 0 saturated heterocycles. The summed E-state index contributed by atoms with van der Waals surface area (Å²) < 4.78 is 0. The Balaban J connectivity index is 2.06. The van der Waals surface area contributed by atoms with Gasteiger partial charge in [0.15, 0.2) is 0 Å². The molecule has 98 valence electrons. The minimum Gasteiger partial charge on any atom is -0.326 e. The zero-order chi connectivity index (χ0) is 13.1. The monoisotopic (exact) mass is 245 g/mol. The highest BCUT2D eigenvalue weighted by Gasteiger charge is 2.24. The molecule has 2 nitrogen and oxygen atoms in total. The van der Waals surface area contributed by atoms with Gasteiger partial charge in [0.05, 0.1) is 0 Å². The summed E-state index contributed by atoms with van der Waals surface area (Å²) in [6.07, 6.45) is 4.15. The normalized spacial score (nSPS) is 14.9. The van der Waals surface area contributed by atoms with E-state index >= 15 is 0 Å². The highest BCUT2D eigenvalue weighted by atomic mass is 16.1. The second kappa shape index (κ2) is 5.55. The van der Waals surface area contributed by atoms with E-state index in [1.54, 1.807) is 0 Å². The zero-order valence-electron chi connectivity index (χ0n) is 11.6. The van der Waals surface area contributed by atoms with Crippen molar-refractivity contribution in [3.8, 4) is 0 Å². The lowest BCUT2D eigenvalue weighted by molar-refractivity contribution is -0.116. The molecule has 1 aliphatic carbocycles. The quantitative estimate of drug-likeness (QED) is 0.831. The SMILES string of the molecule is CCc1cc(NC(=O)CC2CC2)ccc1C(C)C. The van der Waals surface area contributed by atoms with Crippen LogP contribution in [0.2, 0.25) is 0 Å². The molecule has 0 aliphatic heterocycles. The molecule has 0 radical (unpaired) electrons. The van der Waals surface area contributed by atoms with Crippen molar-refractivity contribution < 1.29 is 4.79 Å². The van der Waals surface area contributed by atoms with Gasteiger partial charge >= 0.3 is 0 Å². The van der Waals surface area contributed by atoms with E-state index in [1.165, 1.54) is 24.0 Å². The molecular weight excluding hydrogens is 222 g/mol. The maximum Gasteiger partial charge on any atom is 0.224 e. The van der Waals surface area contributed by atoms with Crippen molar-refractivity contribution in [1.82, 2.24) is 0 Å². The molecule has 1 fully saturated rings. The number of rotatable bonds is 5. The fourth-order valence-electron chi connectivity index (χ4n) is 2.35. The summed E-state index contributed by atoms with van der Waals surface area (Å²) in [5, 5.41) is 3.02. The van der Waals surface area contributed by atoms with Crippen LogP contribution in [0.15, 0.2) is 18.2 Å². The molecule has 0 bridgehead atoms. The van der Waals surface area contributed by atoms with Crippen LogP contribution in [0.25, 0.3) is 0 Å². The first kappa shape index (κ1) is 13.1. The Bertz CT molecular complexity index is 433. The molecule has 0 spiro atoms. The van der Waals surface area contributed by atoms with Crippen molar-refractivity contribution in [3.63, 3.8) is 0 Å². The number of benzene rings is 1. The van der Waals surface area contributed by atoms with Gasteiger partial charge in [0.2, 0.25) is 5.91 Å². The minimum absolute atomic E-state index is 0.164. The summed E-state index contributed by atoms with van der Waals surface area (Å²) >= 11 is 0. The van der Waals surface area contributed by atoms with E-state index in [-0.39, 0.29) is 5.91 Å². The van der Waals surface area contributed by atoms with Crippen LogP contribution in [0.3, 0.4) is 0 Å². The first-order valence-corrected chi connectivity index (χ1v) is 7.02. The Morgan fingerprint density at radius 2 is 2.11 bits per heavy atom. The van der Waals surface area contributed by atoms with Gasteiger partial charge < -0.3 is 5.32 Å². The second-order valence-electron chi connectivity index (χ2n) is 5.62. The highest BCUT2D eigenvalue weighted by Crippen LogP contribution is 2.32. The first-order valence-electron chi connectivity index (χ1n) is 7.02. The molecule has 1 aromatic carbocycles. The van der Waals surface area contributed by atoms with E-state index in [1.807, 2.05) is 6.07 Å². The molecule has 18 heavy (non-hydrogen) atoms. The van der Waals surface area contributed by atoms with Crippen LogP contribution in [-0.2, 0) is 11.2 Å². The van der Waals surface area contributed by atoms with E-state index in [2.05, 4.69) is 38.2 Å². The number of carbonyl (C=O) groups is 1. The van der Waals surface area contributed by atoms with Gasteiger partial charge in [-0.05, 0) is 54.4 Å². The van der Waals surface area contributed by atoms with Gasteiger partial charge in [-0.25, -0.2) is 0 Å². The third-order valence-electron chi connectivity index (χ3n) is 3.60. The lowest BCUT2D eigenvalue weighted by Gasteiger charge is -2.14. The molecule has 0 heterocycles. The molecule has 1 saturated carbocycles. The molecule has 2 heteroatoms. The molecular formula is C16H23NO. The maximum atomic E-state index is 11.8. The fraction of sp³-hybridized carbons (Fsp3) is 0.562. The Hall–Kier alpha value is -1.31. The van der Waals surface area contributed by atoms with Crippen LogP contribution < -0.4 is 5.32 Å². The lowest BCUT2D eigenvalue weighted by atomic mass is 9.95. The first-order chi connectivity index (χ1) is 8.60. The van der Waals surface area contributed by atoms with Crippen LogP contribution >= 0.6 is 0 Å². The standard InChI is InChI=1S/C16H23NO/c1-4-13-10-14(7-8-15(13)11(2)3)17-16(18)9-12-5-6-12/h7-8,10-12H,4-6,9H2,1-3H3,(H,17,18). The zero-order valence-corrected chi connectivity index (χ0v) is 11.6. The molecule has 0 unspecified atom stereocenters. The molecule has 1 aromatic rings. The van der Waals surface area contributed by atoms with Crippen LogP contribution in [0.5, 0.6) is 0 Å². The van der Waals surface area contributed by atoms with Gasteiger partial charge in [-0.3, -0.25) is 4.79 Å². The predicted octanol–water partition coefficient (Wildman–Crippen LogP) is 4.11. The average molecular weight is 245 g/mol. The van der Waals surface area contributed by atoms with Crippen molar-refractivity contribution in [2.45, 2.75) is 52.4 Å². The van der Waals surface area contributed by atoms with Crippen LogP contribution in [0, 0.1) is 5.92 Å². The number of anilines is 1. The number of hydrogen-bond donors (Lipinski definition) is 1. The van der Waals surface area contributed by atoms with Gasteiger partial charge in [-0.1, -0.05) is 26.8 Å². The molecule has 0 atom stereocenters. The number of hydrogen-bond acceptors (Lipinski definition) is 1. The molecule has 2 rings (SSSR count). The predicted molar refractivity (Wildman–Crippen MR) is 75.9 cm³/mol. The Morgan fingerprint density at radius 3 is 2.67 bits per heavy atom. The molecule has 1 amide bonds. The summed E-state index contributed by atoms with van der Waals surface area (Å²) in [5.74, 6) is 1.35. The van der Waals surface area contributed by atoms with E-state index in [9.17, 15) is 4.79 Å². The maximum absolute atomic E-state index is 11.8. The number of nitrogens with one attached hydrogen (secondary N) is 1. The molecule has 1 N–H and O–H groups in total. The third-order valence-corrected chi connectivity index (χ3v) is 3.60. The van der Waals surface area contributed by atoms with Crippen molar-refractivity contribution in [2.75, 3.05) is 5.32 Å². The van der Waals surface area contributed by atoms with Crippen molar-refractivity contribution in [2.24, 2.45) is 5.92 Å². The summed E-state index contributed by atoms with van der Waals surface area (Å²) in [4.78, 5) is 11.8. The van der Waals surface area contributed by atoms with Crippen molar-refractivity contribution >= 4 is 11.6 Å². The Morgan fingerprint density at radius 1 is 1.39 bits per heavy atom. The van der Waals surface area contributed by atoms with Crippen molar-refractivity contribution in [3.05, 3.63) is 29.3 Å². The van der Waals surface area contributed by atoms with E-state index < -0.39 is 0 Å². The van der Waals surface area contributed by atoms with Crippen LogP contribution in [0.1, 0.15) is 57.1 Å². The summed E-state index contributed by atoms with van der Waals surface area (Å²) in [6.45, 7) is 6.58. The average Bonchev–Trinajstić information content (AvgIpc) is 3.12. The second-order valence-corrected chi connectivity index (χ2v) is 5.62. The summed E-state index contributed by atoms with van der Waals surface area (Å²) in [5.41, 5.74) is 3.67. The van der Waals surface area contributed by atoms with Gasteiger partial charge in [-0.15, -0.1) is 0 Å². The molecule has 0 aromatic heterocycles.